The molecule has 0 saturated heterocycles. The number of thiophene rings is 1. The molecule has 0 atom stereocenters. The number of carbonyl (C=O) groups excluding carboxylic acids is 2. The molecule has 2 amide bonds. The van der Waals surface area contributed by atoms with Gasteiger partial charge in [-0.1, -0.05) is 12.0 Å². The highest BCUT2D eigenvalue weighted by Gasteiger charge is 2.17. The molecule has 2 aromatic rings. The van der Waals surface area contributed by atoms with Crippen LogP contribution in [0, 0.1) is 12.3 Å². The van der Waals surface area contributed by atoms with Crippen LogP contribution < -0.4 is 20.1 Å². The van der Waals surface area contributed by atoms with Gasteiger partial charge < -0.3 is 20.1 Å². The lowest BCUT2D eigenvalue weighted by Crippen LogP contribution is -2.36. The van der Waals surface area contributed by atoms with E-state index in [-0.39, 0.29) is 25.0 Å². The molecule has 1 aliphatic carbocycles. The Morgan fingerprint density at radius 1 is 1.17 bits per heavy atom. The zero-order chi connectivity index (χ0) is 20.6. The lowest BCUT2D eigenvalue weighted by molar-refractivity contribution is -0.120. The molecule has 0 fully saturated rings. The monoisotopic (exact) mass is 412 g/mol. The standard InChI is InChI=1S/C22H24N2O4S/c1-3-10-28-18-11-15(8-9-17(18)27-2)13-23-21(25)14-24-22(26)20-12-16-6-4-5-7-19(16)29-20/h1,8-9,11-12H,4-7,10,13-14H2,2H3,(H,23,25)(H,24,26). The lowest BCUT2D eigenvalue weighted by atomic mass is 9.99. The lowest BCUT2D eigenvalue weighted by Gasteiger charge is -2.11. The summed E-state index contributed by atoms with van der Waals surface area (Å²) >= 11 is 1.53. The van der Waals surface area contributed by atoms with Gasteiger partial charge in [-0.3, -0.25) is 9.59 Å². The quantitative estimate of drug-likeness (QED) is 0.654. The Kier molecular flexibility index (Phi) is 7.14. The van der Waals surface area contributed by atoms with Crippen molar-refractivity contribution in [2.75, 3.05) is 20.3 Å². The first-order valence-electron chi connectivity index (χ1n) is 9.50. The Balaban J connectivity index is 1.49. The first kappa shape index (κ1) is 20.7. The van der Waals surface area contributed by atoms with Gasteiger partial charge in [0.2, 0.25) is 5.91 Å². The molecule has 3 rings (SSSR count). The minimum atomic E-state index is -0.262. The summed E-state index contributed by atoms with van der Waals surface area (Å²) in [6, 6.07) is 7.32. The summed E-state index contributed by atoms with van der Waals surface area (Å²) in [5, 5.41) is 5.48. The summed E-state index contributed by atoms with van der Waals surface area (Å²) < 4.78 is 10.7. The van der Waals surface area contributed by atoms with Gasteiger partial charge in [-0.15, -0.1) is 17.8 Å². The molecule has 0 bridgehead atoms. The van der Waals surface area contributed by atoms with E-state index in [9.17, 15) is 9.59 Å². The Labute approximate surface area is 174 Å². The topological polar surface area (TPSA) is 76.7 Å². The van der Waals surface area contributed by atoms with Crippen LogP contribution in [0.4, 0.5) is 0 Å². The van der Waals surface area contributed by atoms with Crippen LogP contribution in [0.25, 0.3) is 0 Å². The maximum Gasteiger partial charge on any atom is 0.261 e. The number of methoxy groups -OCH3 is 1. The van der Waals surface area contributed by atoms with Crippen molar-refractivity contribution in [2.24, 2.45) is 0 Å². The van der Waals surface area contributed by atoms with Gasteiger partial charge in [-0.25, -0.2) is 0 Å². The number of benzene rings is 1. The second kappa shape index (κ2) is 9.99. The fourth-order valence-electron chi connectivity index (χ4n) is 3.18. The van der Waals surface area contributed by atoms with Gasteiger partial charge in [0.1, 0.15) is 6.61 Å². The summed E-state index contributed by atoms with van der Waals surface area (Å²) in [7, 11) is 1.55. The van der Waals surface area contributed by atoms with Crippen molar-refractivity contribution in [1.29, 1.82) is 0 Å². The molecular formula is C22H24N2O4S. The van der Waals surface area contributed by atoms with Gasteiger partial charge in [-0.05, 0) is 55.0 Å². The van der Waals surface area contributed by atoms with Gasteiger partial charge in [0.15, 0.2) is 11.5 Å². The van der Waals surface area contributed by atoms with Crippen molar-refractivity contribution in [1.82, 2.24) is 10.6 Å². The van der Waals surface area contributed by atoms with E-state index in [1.165, 1.54) is 34.6 Å². The average Bonchev–Trinajstić information content (AvgIpc) is 3.19. The SMILES string of the molecule is C#CCOc1cc(CNC(=O)CNC(=O)c2cc3c(s2)CCCC3)ccc1OC. The number of terminal acetylenes is 1. The fourth-order valence-corrected chi connectivity index (χ4v) is 4.35. The predicted molar refractivity (Wildman–Crippen MR) is 112 cm³/mol. The Morgan fingerprint density at radius 3 is 2.76 bits per heavy atom. The van der Waals surface area contributed by atoms with Gasteiger partial charge in [0.05, 0.1) is 18.5 Å². The summed E-state index contributed by atoms with van der Waals surface area (Å²) in [6.07, 6.45) is 9.66. The van der Waals surface area contributed by atoms with Gasteiger partial charge in [-0.2, -0.15) is 0 Å². The van der Waals surface area contributed by atoms with Crippen molar-refractivity contribution < 1.29 is 19.1 Å². The normalized spacial score (nSPS) is 12.4. The Bertz CT molecular complexity index is 906. The highest BCUT2D eigenvalue weighted by atomic mass is 32.1. The molecule has 29 heavy (non-hydrogen) atoms. The molecule has 2 N–H and O–H groups in total. The number of hydrogen-bond acceptors (Lipinski definition) is 5. The summed E-state index contributed by atoms with van der Waals surface area (Å²) in [5.41, 5.74) is 2.11. The third kappa shape index (κ3) is 5.52. The number of carbonyl (C=O) groups is 2. The molecule has 1 heterocycles. The number of amides is 2. The highest BCUT2D eigenvalue weighted by Crippen LogP contribution is 2.30. The molecule has 1 aromatic carbocycles. The zero-order valence-corrected chi connectivity index (χ0v) is 17.2. The first-order chi connectivity index (χ1) is 14.1. The molecule has 0 saturated carbocycles. The molecular weight excluding hydrogens is 388 g/mol. The highest BCUT2D eigenvalue weighted by molar-refractivity contribution is 7.14. The van der Waals surface area contributed by atoms with Crippen LogP contribution in [0.2, 0.25) is 0 Å². The van der Waals surface area contributed by atoms with E-state index in [0.717, 1.165) is 18.4 Å². The van der Waals surface area contributed by atoms with Crippen molar-refractivity contribution in [3.8, 4) is 23.8 Å². The molecule has 0 unspecified atom stereocenters. The Hall–Kier alpha value is -2.98. The van der Waals surface area contributed by atoms with E-state index in [1.54, 1.807) is 19.2 Å². The van der Waals surface area contributed by atoms with Crippen LogP contribution >= 0.6 is 11.3 Å². The molecule has 0 spiro atoms. The number of hydrogen-bond donors (Lipinski definition) is 2. The van der Waals surface area contributed by atoms with Crippen molar-refractivity contribution in [3.05, 3.63) is 45.1 Å². The van der Waals surface area contributed by atoms with Crippen LogP contribution in [-0.4, -0.2) is 32.1 Å². The minimum absolute atomic E-state index is 0.0714. The predicted octanol–water partition coefficient (Wildman–Crippen LogP) is 2.69. The third-order valence-electron chi connectivity index (χ3n) is 4.66. The number of nitrogens with one attached hydrogen (secondary N) is 2. The molecule has 152 valence electrons. The molecule has 1 aromatic heterocycles. The van der Waals surface area contributed by atoms with Gasteiger partial charge in [0.25, 0.3) is 5.91 Å². The summed E-state index contributed by atoms with van der Waals surface area (Å²) in [4.78, 5) is 26.4. The van der Waals surface area contributed by atoms with Crippen LogP contribution in [-0.2, 0) is 24.2 Å². The number of aryl methyl sites for hydroxylation is 2. The molecule has 7 heteroatoms. The molecule has 6 nitrogen and oxygen atoms in total. The van der Waals surface area contributed by atoms with Crippen LogP contribution in [0.3, 0.4) is 0 Å². The second-order valence-corrected chi connectivity index (χ2v) is 7.84. The van der Waals surface area contributed by atoms with E-state index in [2.05, 4.69) is 16.6 Å². The summed E-state index contributed by atoms with van der Waals surface area (Å²) in [6.45, 7) is 0.362. The van der Waals surface area contributed by atoms with Crippen molar-refractivity contribution in [2.45, 2.75) is 32.2 Å². The van der Waals surface area contributed by atoms with E-state index in [0.29, 0.717) is 22.9 Å². The second-order valence-electron chi connectivity index (χ2n) is 6.70. The van der Waals surface area contributed by atoms with E-state index in [1.807, 2.05) is 12.1 Å². The van der Waals surface area contributed by atoms with Crippen LogP contribution in [0.5, 0.6) is 11.5 Å². The Morgan fingerprint density at radius 2 is 2.00 bits per heavy atom. The molecule has 1 aliphatic rings. The largest absolute Gasteiger partial charge is 0.493 e. The van der Waals surface area contributed by atoms with Gasteiger partial charge in [0, 0.05) is 11.4 Å². The first-order valence-corrected chi connectivity index (χ1v) is 10.3. The van der Waals surface area contributed by atoms with Crippen molar-refractivity contribution >= 4 is 23.2 Å². The van der Waals surface area contributed by atoms with E-state index >= 15 is 0 Å². The maximum absolute atomic E-state index is 12.3. The van der Waals surface area contributed by atoms with Crippen molar-refractivity contribution in [3.63, 3.8) is 0 Å². The average molecular weight is 413 g/mol. The number of ether oxygens (including phenoxy) is 2. The molecule has 0 aliphatic heterocycles. The minimum Gasteiger partial charge on any atom is -0.493 e. The zero-order valence-electron chi connectivity index (χ0n) is 16.4. The maximum atomic E-state index is 12.3. The number of rotatable bonds is 8. The smallest absolute Gasteiger partial charge is 0.261 e. The third-order valence-corrected chi connectivity index (χ3v) is 5.89. The van der Waals surface area contributed by atoms with E-state index in [4.69, 9.17) is 15.9 Å². The molecule has 0 radical (unpaired) electrons. The van der Waals surface area contributed by atoms with Gasteiger partial charge >= 0.3 is 0 Å². The van der Waals surface area contributed by atoms with Crippen LogP contribution in [0.1, 0.15) is 38.5 Å². The fraction of sp³-hybridized carbons (Fsp3) is 0.364. The summed E-state index contributed by atoms with van der Waals surface area (Å²) in [5.74, 6) is 3.04. The van der Waals surface area contributed by atoms with E-state index < -0.39 is 0 Å². The number of fused-ring (bicyclic) bond motifs is 1. The van der Waals surface area contributed by atoms with Crippen LogP contribution in [0.15, 0.2) is 24.3 Å².